The molecule has 0 aliphatic heterocycles. The number of nitrogens with zero attached hydrogens (tertiary/aromatic N) is 1. The molecule has 1 saturated carbocycles. The van der Waals surface area contributed by atoms with Crippen LogP contribution in [-0.4, -0.2) is 30.4 Å². The molecule has 2 aromatic rings. The van der Waals surface area contributed by atoms with Crippen molar-refractivity contribution in [2.24, 2.45) is 0 Å². The first kappa shape index (κ1) is 24.9. The van der Waals surface area contributed by atoms with Gasteiger partial charge in [0.15, 0.2) is 0 Å². The predicted octanol–water partition coefficient (Wildman–Crippen LogP) is 4.93. The zero-order valence-corrected chi connectivity index (χ0v) is 17.5. The minimum Gasteiger partial charge on any atom is -0.349 e. The van der Waals surface area contributed by atoms with E-state index in [9.17, 15) is 39.6 Å². The standard InChI is InChI=1S/C20H17F7N2O3S/c21-18(33(31,32)15-3-1-2-13(10-15)19(22,23)24)8-6-14(7-9-18)29-17(30)12-4-5-16(28-11-12)20(25,26)27/h1-5,10-11,14H,6-9H2,(H,29,30)/t14-,18-. The van der Waals surface area contributed by atoms with Crippen molar-refractivity contribution in [3.8, 4) is 0 Å². The highest BCUT2D eigenvalue weighted by molar-refractivity contribution is 7.92. The third-order valence-electron chi connectivity index (χ3n) is 5.34. The summed E-state index contributed by atoms with van der Waals surface area (Å²) in [6, 6.07) is 3.69. The van der Waals surface area contributed by atoms with Crippen LogP contribution < -0.4 is 5.32 Å². The Balaban J connectivity index is 1.67. The molecule has 1 heterocycles. The Morgan fingerprint density at radius 1 is 1.00 bits per heavy atom. The summed E-state index contributed by atoms with van der Waals surface area (Å²) in [6.07, 6.45) is -10.2. The normalized spacial score (nSPS) is 22.1. The Morgan fingerprint density at radius 3 is 2.15 bits per heavy atom. The van der Waals surface area contributed by atoms with Crippen LogP contribution in [0.2, 0.25) is 0 Å². The van der Waals surface area contributed by atoms with E-state index >= 15 is 4.39 Å². The molecule has 0 spiro atoms. The SMILES string of the molecule is O=C(N[C@H]1CC[C@](F)(S(=O)(=O)c2cccc(C(F)(F)F)c2)CC1)c1ccc(C(F)(F)F)nc1. The van der Waals surface area contributed by atoms with E-state index in [2.05, 4.69) is 10.3 Å². The largest absolute Gasteiger partial charge is 0.433 e. The van der Waals surface area contributed by atoms with E-state index in [0.717, 1.165) is 24.4 Å². The number of amides is 1. The first-order valence-electron chi connectivity index (χ1n) is 9.58. The van der Waals surface area contributed by atoms with Crippen LogP contribution in [0.25, 0.3) is 0 Å². The average Bonchev–Trinajstić information content (AvgIpc) is 2.74. The van der Waals surface area contributed by atoms with Gasteiger partial charge in [-0.3, -0.25) is 9.78 Å². The van der Waals surface area contributed by atoms with Gasteiger partial charge in [-0.05, 0) is 56.0 Å². The molecule has 1 aromatic carbocycles. The van der Waals surface area contributed by atoms with E-state index in [1.165, 1.54) is 0 Å². The Hall–Kier alpha value is -2.70. The molecule has 3 rings (SSSR count). The van der Waals surface area contributed by atoms with E-state index in [1.54, 1.807) is 0 Å². The first-order chi connectivity index (χ1) is 15.1. The van der Waals surface area contributed by atoms with Gasteiger partial charge >= 0.3 is 12.4 Å². The fourth-order valence-electron chi connectivity index (χ4n) is 3.48. The van der Waals surface area contributed by atoms with Crippen LogP contribution >= 0.6 is 0 Å². The monoisotopic (exact) mass is 498 g/mol. The highest BCUT2D eigenvalue weighted by atomic mass is 32.2. The second kappa shape index (κ2) is 8.58. The van der Waals surface area contributed by atoms with Gasteiger partial charge in [0.1, 0.15) is 5.69 Å². The lowest BCUT2D eigenvalue weighted by molar-refractivity contribution is -0.141. The van der Waals surface area contributed by atoms with Crippen LogP contribution in [0.3, 0.4) is 0 Å². The molecule has 33 heavy (non-hydrogen) atoms. The summed E-state index contributed by atoms with van der Waals surface area (Å²) in [7, 11) is -4.76. The van der Waals surface area contributed by atoms with E-state index in [-0.39, 0.29) is 18.4 Å². The lowest BCUT2D eigenvalue weighted by atomic mass is 9.93. The molecule has 0 bridgehead atoms. The summed E-state index contributed by atoms with van der Waals surface area (Å²) in [5.74, 6) is -0.770. The Morgan fingerprint density at radius 2 is 1.64 bits per heavy atom. The van der Waals surface area contributed by atoms with Crippen LogP contribution in [0.1, 0.15) is 47.3 Å². The molecule has 1 aliphatic rings. The third kappa shape index (κ3) is 5.28. The fourth-order valence-corrected chi connectivity index (χ4v) is 5.21. The molecular weight excluding hydrogens is 481 g/mol. The van der Waals surface area contributed by atoms with Gasteiger partial charge in [-0.15, -0.1) is 0 Å². The van der Waals surface area contributed by atoms with Crippen molar-refractivity contribution in [3.05, 3.63) is 59.4 Å². The van der Waals surface area contributed by atoms with Crippen molar-refractivity contribution in [1.29, 1.82) is 0 Å². The number of halogens is 7. The van der Waals surface area contributed by atoms with E-state index in [1.807, 2.05) is 0 Å². The quantitative estimate of drug-likeness (QED) is 0.607. The minimum atomic E-state index is -4.80. The Labute approximate surface area is 183 Å². The van der Waals surface area contributed by atoms with Crippen molar-refractivity contribution in [2.45, 2.75) is 54.0 Å². The smallest absolute Gasteiger partial charge is 0.349 e. The molecule has 1 aliphatic carbocycles. The fraction of sp³-hybridized carbons (Fsp3) is 0.400. The van der Waals surface area contributed by atoms with Crippen molar-refractivity contribution in [2.75, 3.05) is 0 Å². The number of rotatable bonds is 4. The number of carbonyl (C=O) groups is 1. The molecule has 0 saturated heterocycles. The summed E-state index contributed by atoms with van der Waals surface area (Å²) < 4.78 is 117. The number of sulfone groups is 1. The van der Waals surface area contributed by atoms with Gasteiger partial charge in [0, 0.05) is 12.2 Å². The highest BCUT2D eigenvalue weighted by Gasteiger charge is 2.48. The zero-order chi connectivity index (χ0) is 24.7. The molecule has 1 N–H and O–H groups in total. The van der Waals surface area contributed by atoms with Gasteiger partial charge in [-0.25, -0.2) is 12.8 Å². The summed E-state index contributed by atoms with van der Waals surface area (Å²) in [5.41, 5.74) is -2.58. The van der Waals surface area contributed by atoms with E-state index < -0.39 is 68.1 Å². The predicted molar refractivity (Wildman–Crippen MR) is 101 cm³/mol. The average molecular weight is 498 g/mol. The van der Waals surface area contributed by atoms with Gasteiger partial charge in [0.25, 0.3) is 5.91 Å². The zero-order valence-electron chi connectivity index (χ0n) is 16.7. The highest BCUT2D eigenvalue weighted by Crippen LogP contribution is 2.41. The number of benzene rings is 1. The van der Waals surface area contributed by atoms with Crippen molar-refractivity contribution in [1.82, 2.24) is 10.3 Å². The molecule has 0 radical (unpaired) electrons. The summed E-state index contributed by atoms with van der Waals surface area (Å²) >= 11 is 0. The number of carbonyl (C=O) groups excluding carboxylic acids is 1. The molecule has 5 nitrogen and oxygen atoms in total. The van der Waals surface area contributed by atoms with Crippen LogP contribution in [-0.2, 0) is 22.2 Å². The number of hydrogen-bond donors (Lipinski definition) is 1. The molecular formula is C20H17F7N2O3S. The maximum atomic E-state index is 15.4. The Bertz CT molecular complexity index is 1120. The maximum Gasteiger partial charge on any atom is 0.433 e. The van der Waals surface area contributed by atoms with E-state index in [0.29, 0.717) is 18.2 Å². The summed E-state index contributed by atoms with van der Waals surface area (Å²) in [5, 5.41) is -0.344. The van der Waals surface area contributed by atoms with Crippen LogP contribution in [0.15, 0.2) is 47.5 Å². The number of pyridine rings is 1. The van der Waals surface area contributed by atoms with E-state index in [4.69, 9.17) is 0 Å². The molecule has 180 valence electrons. The number of nitrogens with one attached hydrogen (secondary N) is 1. The molecule has 0 unspecified atom stereocenters. The van der Waals surface area contributed by atoms with Crippen molar-refractivity contribution in [3.63, 3.8) is 0 Å². The third-order valence-corrected chi connectivity index (χ3v) is 7.58. The van der Waals surface area contributed by atoms with Gasteiger partial charge in [0.05, 0.1) is 16.0 Å². The molecule has 0 atom stereocenters. The molecule has 1 fully saturated rings. The lowest BCUT2D eigenvalue weighted by Gasteiger charge is -2.34. The Kier molecular flexibility index (Phi) is 6.48. The maximum absolute atomic E-state index is 15.4. The van der Waals surface area contributed by atoms with Crippen LogP contribution in [0.5, 0.6) is 0 Å². The topological polar surface area (TPSA) is 76.1 Å². The molecule has 13 heteroatoms. The van der Waals surface area contributed by atoms with Crippen LogP contribution in [0.4, 0.5) is 30.7 Å². The van der Waals surface area contributed by atoms with Crippen molar-refractivity contribution < 1.29 is 43.9 Å². The minimum absolute atomic E-state index is 0.144. The first-order valence-corrected chi connectivity index (χ1v) is 11.1. The summed E-state index contributed by atoms with van der Waals surface area (Å²) in [4.78, 5) is 14.6. The number of hydrogen-bond acceptors (Lipinski definition) is 4. The molecule has 1 aromatic heterocycles. The van der Waals surface area contributed by atoms with Gasteiger partial charge < -0.3 is 5.32 Å². The van der Waals surface area contributed by atoms with Gasteiger partial charge in [0.2, 0.25) is 14.8 Å². The lowest BCUT2D eigenvalue weighted by Crippen LogP contribution is -2.45. The summed E-state index contributed by atoms with van der Waals surface area (Å²) in [6.45, 7) is 0. The second-order valence-electron chi connectivity index (χ2n) is 7.59. The number of alkyl halides is 7. The second-order valence-corrected chi connectivity index (χ2v) is 9.80. The van der Waals surface area contributed by atoms with Gasteiger partial charge in [-0.2, -0.15) is 26.3 Å². The number of aromatic nitrogens is 1. The molecule has 1 amide bonds. The van der Waals surface area contributed by atoms with Crippen molar-refractivity contribution >= 4 is 15.7 Å². The van der Waals surface area contributed by atoms with Gasteiger partial charge in [-0.1, -0.05) is 6.07 Å². The van der Waals surface area contributed by atoms with Crippen LogP contribution in [0, 0.1) is 0 Å².